The summed E-state index contributed by atoms with van der Waals surface area (Å²) in [5, 5.41) is 11.1. The third kappa shape index (κ3) is 4.04. The van der Waals surface area contributed by atoms with Crippen LogP contribution in [0, 0.1) is 5.92 Å². The summed E-state index contributed by atoms with van der Waals surface area (Å²) in [6.07, 6.45) is 4.31. The molecule has 25 heavy (non-hydrogen) atoms. The predicted octanol–water partition coefficient (Wildman–Crippen LogP) is 0.494. The number of carbonyl (C=O) groups excluding carboxylic acids is 1. The zero-order valence-corrected chi connectivity index (χ0v) is 14.9. The Morgan fingerprint density at radius 1 is 1.32 bits per heavy atom. The maximum Gasteiger partial charge on any atom is 0.224 e. The summed E-state index contributed by atoms with van der Waals surface area (Å²) < 4.78 is 7.51. The summed E-state index contributed by atoms with van der Waals surface area (Å²) in [6, 6.07) is 2.69. The van der Waals surface area contributed by atoms with Crippen molar-refractivity contribution in [1.82, 2.24) is 25.3 Å². The summed E-state index contributed by atoms with van der Waals surface area (Å²) in [6.45, 7) is 7.00. The molecular formula is C18H29N5O2. The molecule has 2 N–H and O–H groups in total. The second kappa shape index (κ2) is 7.85. The van der Waals surface area contributed by atoms with Crippen LogP contribution in [0.25, 0.3) is 0 Å². The van der Waals surface area contributed by atoms with E-state index in [2.05, 4.69) is 26.7 Å². The van der Waals surface area contributed by atoms with Crippen molar-refractivity contribution in [1.29, 1.82) is 0 Å². The molecule has 0 aromatic carbocycles. The predicted molar refractivity (Wildman–Crippen MR) is 93.9 cm³/mol. The van der Waals surface area contributed by atoms with Gasteiger partial charge < -0.3 is 15.4 Å². The highest BCUT2D eigenvalue weighted by atomic mass is 16.5. The molecular weight excluding hydrogens is 318 g/mol. The topological polar surface area (TPSA) is 71.4 Å². The molecule has 1 aromatic rings. The minimum atomic E-state index is 0.107. The fourth-order valence-corrected chi connectivity index (χ4v) is 4.26. The lowest BCUT2D eigenvalue weighted by Gasteiger charge is -2.39. The Kier molecular flexibility index (Phi) is 5.33. The van der Waals surface area contributed by atoms with Crippen molar-refractivity contribution in [2.45, 2.75) is 51.4 Å². The second-order valence-electron chi connectivity index (χ2n) is 7.42. The van der Waals surface area contributed by atoms with Crippen molar-refractivity contribution < 1.29 is 9.53 Å². The van der Waals surface area contributed by atoms with E-state index in [-0.39, 0.29) is 11.8 Å². The molecule has 7 nitrogen and oxygen atoms in total. The van der Waals surface area contributed by atoms with Gasteiger partial charge in [-0.1, -0.05) is 0 Å². The van der Waals surface area contributed by atoms with E-state index in [1.54, 1.807) is 0 Å². The number of amides is 1. The van der Waals surface area contributed by atoms with Crippen LogP contribution in [0.2, 0.25) is 0 Å². The van der Waals surface area contributed by atoms with E-state index in [1.807, 2.05) is 4.68 Å². The smallest absolute Gasteiger partial charge is 0.224 e. The number of piperidine rings is 1. The Balaban J connectivity index is 1.29. The minimum Gasteiger partial charge on any atom is -0.381 e. The van der Waals surface area contributed by atoms with E-state index in [0.717, 1.165) is 77.3 Å². The molecule has 3 aliphatic rings. The molecule has 2 fully saturated rings. The zero-order valence-electron chi connectivity index (χ0n) is 14.9. The molecule has 0 bridgehead atoms. The Morgan fingerprint density at radius 3 is 3.04 bits per heavy atom. The average Bonchev–Trinajstić information content (AvgIpc) is 3.10. The molecule has 0 radical (unpaired) electrons. The molecule has 138 valence electrons. The van der Waals surface area contributed by atoms with Crippen molar-refractivity contribution in [3.63, 3.8) is 0 Å². The van der Waals surface area contributed by atoms with Crippen molar-refractivity contribution in [2.24, 2.45) is 5.92 Å². The van der Waals surface area contributed by atoms with Gasteiger partial charge in [0.2, 0.25) is 5.91 Å². The molecule has 1 atom stereocenters. The number of fused-ring (bicyclic) bond motifs is 1. The van der Waals surface area contributed by atoms with E-state index in [9.17, 15) is 4.79 Å². The van der Waals surface area contributed by atoms with Gasteiger partial charge in [-0.3, -0.25) is 14.4 Å². The van der Waals surface area contributed by atoms with Gasteiger partial charge in [0.15, 0.2) is 0 Å². The molecule has 0 aliphatic carbocycles. The van der Waals surface area contributed by atoms with E-state index in [1.165, 1.54) is 5.69 Å². The van der Waals surface area contributed by atoms with Crippen LogP contribution in [0.5, 0.6) is 0 Å². The number of nitrogens with zero attached hydrogens (tertiary/aromatic N) is 3. The van der Waals surface area contributed by atoms with E-state index >= 15 is 0 Å². The first-order chi connectivity index (χ1) is 12.3. The molecule has 4 rings (SSSR count). The largest absolute Gasteiger partial charge is 0.381 e. The maximum atomic E-state index is 12.6. The number of ether oxygens (including phenoxy) is 1. The van der Waals surface area contributed by atoms with Gasteiger partial charge in [0.1, 0.15) is 0 Å². The van der Waals surface area contributed by atoms with Crippen molar-refractivity contribution >= 4 is 5.91 Å². The Hall–Kier alpha value is -1.44. The zero-order chi connectivity index (χ0) is 17.1. The molecule has 2 saturated heterocycles. The summed E-state index contributed by atoms with van der Waals surface area (Å²) in [7, 11) is 0. The van der Waals surface area contributed by atoms with Crippen molar-refractivity contribution in [3.8, 4) is 0 Å². The van der Waals surface area contributed by atoms with Crippen LogP contribution in [0.1, 0.15) is 37.1 Å². The van der Waals surface area contributed by atoms with Crippen molar-refractivity contribution in [2.75, 3.05) is 32.8 Å². The lowest BCUT2D eigenvalue weighted by molar-refractivity contribution is -0.127. The van der Waals surface area contributed by atoms with Crippen LogP contribution in [0.15, 0.2) is 6.07 Å². The Labute approximate surface area is 149 Å². The van der Waals surface area contributed by atoms with Gasteiger partial charge in [0.05, 0.1) is 30.4 Å². The number of hydrogen-bond acceptors (Lipinski definition) is 5. The van der Waals surface area contributed by atoms with Crippen LogP contribution in [0.3, 0.4) is 0 Å². The fraction of sp³-hybridized carbons (Fsp3) is 0.778. The van der Waals surface area contributed by atoms with E-state index < -0.39 is 0 Å². The molecule has 0 saturated carbocycles. The lowest BCUT2D eigenvalue weighted by atomic mass is 9.94. The van der Waals surface area contributed by atoms with Crippen molar-refractivity contribution in [3.05, 3.63) is 17.5 Å². The summed E-state index contributed by atoms with van der Waals surface area (Å²) in [5.41, 5.74) is 2.17. The van der Waals surface area contributed by atoms with Gasteiger partial charge in [0.25, 0.3) is 0 Å². The SMILES string of the molecule is O=C(NCc1cc2n(n1)CCNC2)[C@@H]1CCCN(C2CCOCC2)C1. The van der Waals surface area contributed by atoms with Crippen LogP contribution >= 0.6 is 0 Å². The molecule has 7 heteroatoms. The normalized spacial score (nSPS) is 25.5. The number of rotatable bonds is 4. The van der Waals surface area contributed by atoms with Gasteiger partial charge in [-0.25, -0.2) is 0 Å². The molecule has 4 heterocycles. The maximum absolute atomic E-state index is 12.6. The minimum absolute atomic E-state index is 0.107. The lowest BCUT2D eigenvalue weighted by Crippen LogP contribution is -2.48. The summed E-state index contributed by atoms with van der Waals surface area (Å²) in [4.78, 5) is 15.1. The van der Waals surface area contributed by atoms with Crippen LogP contribution in [-0.4, -0.2) is 59.5 Å². The third-order valence-electron chi connectivity index (χ3n) is 5.69. The van der Waals surface area contributed by atoms with Gasteiger partial charge in [-0.05, 0) is 38.3 Å². The molecule has 0 spiro atoms. The standard InChI is InChI=1S/C18H29N5O2/c24-18(20-11-15-10-17-12-19-5-7-23(17)21-15)14-2-1-6-22(13-14)16-3-8-25-9-4-16/h10,14,16,19H,1-9,11-13H2,(H,20,24)/t14-/m1/s1. The van der Waals surface area contributed by atoms with Gasteiger partial charge in [-0.15, -0.1) is 0 Å². The first-order valence-electron chi connectivity index (χ1n) is 9.65. The average molecular weight is 347 g/mol. The first kappa shape index (κ1) is 17.0. The van der Waals surface area contributed by atoms with Gasteiger partial charge in [-0.2, -0.15) is 5.10 Å². The monoisotopic (exact) mass is 347 g/mol. The summed E-state index contributed by atoms with van der Waals surface area (Å²) >= 11 is 0. The highest BCUT2D eigenvalue weighted by Gasteiger charge is 2.30. The van der Waals surface area contributed by atoms with Crippen LogP contribution < -0.4 is 10.6 Å². The molecule has 1 aromatic heterocycles. The first-order valence-corrected chi connectivity index (χ1v) is 9.65. The van der Waals surface area contributed by atoms with Crippen LogP contribution in [0.4, 0.5) is 0 Å². The number of aromatic nitrogens is 2. The molecule has 3 aliphatic heterocycles. The Morgan fingerprint density at radius 2 is 2.20 bits per heavy atom. The molecule has 0 unspecified atom stereocenters. The van der Waals surface area contributed by atoms with E-state index in [0.29, 0.717) is 12.6 Å². The van der Waals surface area contributed by atoms with Gasteiger partial charge >= 0.3 is 0 Å². The number of likely N-dealkylation sites (tertiary alicyclic amines) is 1. The van der Waals surface area contributed by atoms with Gasteiger partial charge in [0, 0.05) is 38.9 Å². The second-order valence-corrected chi connectivity index (χ2v) is 7.42. The quantitative estimate of drug-likeness (QED) is 0.830. The van der Waals surface area contributed by atoms with Crippen LogP contribution in [-0.2, 0) is 29.2 Å². The number of hydrogen-bond donors (Lipinski definition) is 2. The Bertz CT molecular complexity index is 573. The summed E-state index contributed by atoms with van der Waals surface area (Å²) in [5.74, 6) is 0.288. The van der Waals surface area contributed by atoms with E-state index in [4.69, 9.17) is 4.74 Å². The third-order valence-corrected chi connectivity index (χ3v) is 5.69. The number of nitrogens with one attached hydrogen (secondary N) is 2. The fourth-order valence-electron chi connectivity index (χ4n) is 4.26. The number of carbonyl (C=O) groups is 1. The highest BCUT2D eigenvalue weighted by molar-refractivity contribution is 5.78. The highest BCUT2D eigenvalue weighted by Crippen LogP contribution is 2.23. The molecule has 1 amide bonds.